The van der Waals surface area contributed by atoms with E-state index < -0.39 is 10.0 Å². The van der Waals surface area contributed by atoms with Gasteiger partial charge >= 0.3 is 0 Å². The van der Waals surface area contributed by atoms with Crippen molar-refractivity contribution in [3.05, 3.63) is 94.0 Å². The Morgan fingerprint density at radius 3 is 2.49 bits per heavy atom. The molecule has 7 nitrogen and oxygen atoms in total. The Labute approximate surface area is 236 Å². The number of nitrogens with one attached hydrogen (secondary N) is 1. The Morgan fingerprint density at radius 1 is 1.05 bits per heavy atom. The van der Waals surface area contributed by atoms with Crippen LogP contribution in [0.1, 0.15) is 47.8 Å². The van der Waals surface area contributed by atoms with Crippen LogP contribution < -0.4 is 10.1 Å². The fraction of sp³-hybridized carbons (Fsp3) is 0.367. The Kier molecular flexibility index (Phi) is 9.01. The second-order valence-corrected chi connectivity index (χ2v) is 13.1. The number of hydrogen-bond donors (Lipinski definition) is 1. The van der Waals surface area contributed by atoms with Gasteiger partial charge in [0.25, 0.3) is 5.91 Å². The first-order valence-corrected chi connectivity index (χ1v) is 14.8. The van der Waals surface area contributed by atoms with Gasteiger partial charge in [-0.1, -0.05) is 35.9 Å². The molecule has 1 aliphatic rings. The van der Waals surface area contributed by atoms with Crippen molar-refractivity contribution < 1.29 is 17.9 Å². The van der Waals surface area contributed by atoms with Crippen LogP contribution in [0.4, 0.5) is 0 Å². The molecule has 208 valence electrons. The minimum atomic E-state index is -3.66. The molecule has 0 aromatic heterocycles. The van der Waals surface area contributed by atoms with Crippen molar-refractivity contribution in [3.8, 4) is 5.75 Å². The summed E-state index contributed by atoms with van der Waals surface area (Å²) in [5.41, 5.74) is 3.58. The second-order valence-electron chi connectivity index (χ2n) is 10.7. The van der Waals surface area contributed by atoms with Gasteiger partial charge in [0.05, 0.1) is 12.0 Å². The number of carbonyl (C=O) groups is 1. The molecule has 0 atom stereocenters. The molecule has 3 aromatic rings. The number of ether oxygens (including phenoxy) is 1. The van der Waals surface area contributed by atoms with Gasteiger partial charge in [-0.2, -0.15) is 4.31 Å². The predicted molar refractivity (Wildman–Crippen MR) is 155 cm³/mol. The van der Waals surface area contributed by atoms with Crippen LogP contribution in [0.2, 0.25) is 5.02 Å². The predicted octanol–water partition coefficient (Wildman–Crippen LogP) is 5.13. The molecule has 0 unspecified atom stereocenters. The smallest absolute Gasteiger partial charge is 0.251 e. The van der Waals surface area contributed by atoms with Crippen LogP contribution >= 0.6 is 11.6 Å². The highest BCUT2D eigenvalue weighted by molar-refractivity contribution is 7.89. The van der Waals surface area contributed by atoms with Crippen molar-refractivity contribution in [3.63, 3.8) is 0 Å². The summed E-state index contributed by atoms with van der Waals surface area (Å²) in [5.74, 6) is 0.365. The normalized spacial score (nSPS) is 14.2. The largest absolute Gasteiger partial charge is 0.497 e. The van der Waals surface area contributed by atoms with Crippen LogP contribution in [0.5, 0.6) is 5.75 Å². The maximum Gasteiger partial charge on any atom is 0.251 e. The number of rotatable bonds is 9. The monoisotopic (exact) mass is 569 g/mol. The topological polar surface area (TPSA) is 79.0 Å². The summed E-state index contributed by atoms with van der Waals surface area (Å²) in [6, 6.07) is 19.9. The standard InChI is InChI=1S/C30H36ClN3O4S/c1-30(2,3)33(20-22-8-12-26(31)13-9-22)17-15-32-29(35)24-10-11-25-21-34(16-14-23(25)18-24)39(36,37)28-7-5-6-27(19-28)38-4/h5-13,18-19H,14-17,20-21H2,1-4H3,(H,32,35). The number of sulfonamides is 1. The van der Waals surface area contributed by atoms with Gasteiger partial charge in [0, 0.05) is 54.9 Å². The Bertz CT molecular complexity index is 1420. The molecule has 0 saturated heterocycles. The van der Waals surface area contributed by atoms with Crippen LogP contribution in [-0.4, -0.2) is 55.8 Å². The zero-order valence-electron chi connectivity index (χ0n) is 22.9. The highest BCUT2D eigenvalue weighted by Crippen LogP contribution is 2.27. The third-order valence-electron chi connectivity index (χ3n) is 7.03. The highest BCUT2D eigenvalue weighted by Gasteiger charge is 2.29. The van der Waals surface area contributed by atoms with Gasteiger partial charge in [-0.05, 0) is 80.3 Å². The van der Waals surface area contributed by atoms with Gasteiger partial charge in [-0.3, -0.25) is 9.69 Å². The second kappa shape index (κ2) is 12.1. The molecule has 1 aliphatic heterocycles. The maximum atomic E-state index is 13.2. The van der Waals surface area contributed by atoms with Crippen molar-refractivity contribution in [2.75, 3.05) is 26.7 Å². The van der Waals surface area contributed by atoms with Gasteiger partial charge in [0.2, 0.25) is 10.0 Å². The first kappa shape index (κ1) is 29.1. The van der Waals surface area contributed by atoms with E-state index in [0.717, 1.165) is 23.2 Å². The number of hydrogen-bond acceptors (Lipinski definition) is 5. The number of amides is 1. The van der Waals surface area contributed by atoms with Crippen LogP contribution in [0.15, 0.2) is 71.6 Å². The maximum absolute atomic E-state index is 13.2. The summed E-state index contributed by atoms with van der Waals surface area (Å²) in [6.07, 6.45) is 0.540. The van der Waals surface area contributed by atoms with E-state index in [1.54, 1.807) is 24.3 Å². The molecule has 0 spiro atoms. The molecule has 0 radical (unpaired) electrons. The highest BCUT2D eigenvalue weighted by atomic mass is 35.5. The average Bonchev–Trinajstić information content (AvgIpc) is 2.92. The van der Waals surface area contributed by atoms with E-state index in [0.29, 0.717) is 42.4 Å². The summed E-state index contributed by atoms with van der Waals surface area (Å²) in [6.45, 7) is 9.05. The van der Waals surface area contributed by atoms with Crippen molar-refractivity contribution >= 4 is 27.5 Å². The molecule has 0 aliphatic carbocycles. The van der Waals surface area contributed by atoms with E-state index in [-0.39, 0.29) is 22.9 Å². The Balaban J connectivity index is 1.37. The quantitative estimate of drug-likeness (QED) is 0.387. The molecule has 1 heterocycles. The lowest BCUT2D eigenvalue weighted by molar-refractivity contribution is 0.0921. The van der Waals surface area contributed by atoms with Crippen molar-refractivity contribution in [2.45, 2.75) is 50.7 Å². The molecule has 0 fully saturated rings. The Hall–Kier alpha value is -2.91. The van der Waals surface area contributed by atoms with E-state index in [4.69, 9.17) is 16.3 Å². The number of halogens is 1. The molecule has 1 amide bonds. The van der Waals surface area contributed by atoms with Gasteiger partial charge in [-0.25, -0.2) is 8.42 Å². The van der Waals surface area contributed by atoms with Crippen LogP contribution in [0.3, 0.4) is 0 Å². The lowest BCUT2D eigenvalue weighted by atomic mass is 9.98. The molecule has 0 bridgehead atoms. The van der Waals surface area contributed by atoms with Crippen molar-refractivity contribution in [1.29, 1.82) is 0 Å². The van der Waals surface area contributed by atoms with Gasteiger partial charge in [-0.15, -0.1) is 0 Å². The zero-order chi connectivity index (χ0) is 28.2. The van der Waals surface area contributed by atoms with Gasteiger partial charge in [0.1, 0.15) is 5.75 Å². The molecule has 39 heavy (non-hydrogen) atoms. The van der Waals surface area contributed by atoms with Crippen LogP contribution in [-0.2, 0) is 29.5 Å². The summed E-state index contributed by atoms with van der Waals surface area (Å²) < 4.78 is 33.1. The summed E-state index contributed by atoms with van der Waals surface area (Å²) in [4.78, 5) is 15.5. The molecule has 9 heteroatoms. The lowest BCUT2D eigenvalue weighted by Gasteiger charge is -2.36. The third kappa shape index (κ3) is 7.19. The number of nitrogens with zero attached hydrogens (tertiary/aromatic N) is 2. The Morgan fingerprint density at radius 2 is 1.79 bits per heavy atom. The average molecular weight is 570 g/mol. The van der Waals surface area contributed by atoms with Crippen molar-refractivity contribution in [2.24, 2.45) is 0 Å². The molecular weight excluding hydrogens is 534 g/mol. The zero-order valence-corrected chi connectivity index (χ0v) is 24.5. The molecule has 1 N–H and O–H groups in total. The number of benzene rings is 3. The van der Waals surface area contributed by atoms with E-state index in [9.17, 15) is 13.2 Å². The molecule has 3 aromatic carbocycles. The first-order chi connectivity index (χ1) is 18.5. The van der Waals surface area contributed by atoms with Gasteiger partial charge < -0.3 is 10.1 Å². The van der Waals surface area contributed by atoms with E-state index in [1.165, 1.54) is 17.5 Å². The summed E-state index contributed by atoms with van der Waals surface area (Å²) >= 11 is 6.03. The van der Waals surface area contributed by atoms with E-state index >= 15 is 0 Å². The van der Waals surface area contributed by atoms with Crippen molar-refractivity contribution in [1.82, 2.24) is 14.5 Å². The fourth-order valence-corrected chi connectivity index (χ4v) is 6.23. The third-order valence-corrected chi connectivity index (χ3v) is 9.12. The van der Waals surface area contributed by atoms with Crippen LogP contribution in [0, 0.1) is 0 Å². The lowest BCUT2D eigenvalue weighted by Crippen LogP contribution is -2.45. The van der Waals surface area contributed by atoms with Crippen LogP contribution in [0.25, 0.3) is 0 Å². The minimum Gasteiger partial charge on any atom is -0.497 e. The van der Waals surface area contributed by atoms with E-state index in [1.807, 2.05) is 36.4 Å². The number of fused-ring (bicyclic) bond motifs is 1. The summed E-state index contributed by atoms with van der Waals surface area (Å²) in [5, 5.41) is 3.76. The molecule has 4 rings (SSSR count). The number of carbonyl (C=O) groups excluding carboxylic acids is 1. The SMILES string of the molecule is COc1cccc(S(=O)(=O)N2CCc3cc(C(=O)NCCN(Cc4ccc(Cl)cc4)C(C)(C)C)ccc3C2)c1. The first-order valence-electron chi connectivity index (χ1n) is 13.0. The van der Waals surface area contributed by atoms with E-state index in [2.05, 4.69) is 31.0 Å². The molecular formula is C30H36ClN3O4S. The summed E-state index contributed by atoms with van der Waals surface area (Å²) in [7, 11) is -2.15. The van der Waals surface area contributed by atoms with Gasteiger partial charge in [0.15, 0.2) is 0 Å². The minimum absolute atomic E-state index is 0.0761. The number of methoxy groups -OCH3 is 1. The molecule has 0 saturated carbocycles. The fourth-order valence-electron chi connectivity index (χ4n) is 4.65.